The smallest absolute Gasteiger partial charge is 0.496 e. The number of nitrogens with two attached hydrogens (primary N) is 1. The minimum Gasteiger partial charge on any atom is -0.496 e. The molecular weight excluding hydrogens is 311 g/mol. The molecule has 122 valence electrons. The number of methoxy groups -OCH3 is 1. The molecule has 0 spiro atoms. The van der Waals surface area contributed by atoms with E-state index in [4.69, 9.17) is 10.5 Å². The van der Waals surface area contributed by atoms with Crippen molar-refractivity contribution in [1.82, 2.24) is 0 Å². The molecule has 0 fully saturated rings. The van der Waals surface area contributed by atoms with Crippen molar-refractivity contribution in [2.75, 3.05) is 7.11 Å². The van der Waals surface area contributed by atoms with Crippen LogP contribution in [0.2, 0.25) is 0 Å². The van der Waals surface area contributed by atoms with Crippen LogP contribution in [0.25, 0.3) is 0 Å². The van der Waals surface area contributed by atoms with E-state index in [1.165, 1.54) is 13.2 Å². The van der Waals surface area contributed by atoms with E-state index in [9.17, 15) is 18.3 Å². The summed E-state index contributed by atoms with van der Waals surface area (Å²) in [6.07, 6.45) is -4.50. The zero-order valence-electron chi connectivity index (χ0n) is 11.7. The topological polar surface area (TPSA) is 64.7 Å². The fourth-order valence-electron chi connectivity index (χ4n) is 1.85. The third-order valence-electron chi connectivity index (χ3n) is 2.79. The van der Waals surface area contributed by atoms with Crippen LogP contribution in [0.4, 0.5) is 13.2 Å². The largest absolute Gasteiger partial charge is 0.573 e. The van der Waals surface area contributed by atoms with E-state index >= 15 is 0 Å². The van der Waals surface area contributed by atoms with Crippen LogP contribution in [-0.2, 0) is 0 Å². The number of aliphatic hydroxyl groups excluding tert-OH is 1. The lowest BCUT2D eigenvalue weighted by Gasteiger charge is -2.21. The summed E-state index contributed by atoms with van der Waals surface area (Å²) in [6, 6.07) is 2.75. The van der Waals surface area contributed by atoms with Gasteiger partial charge in [-0.05, 0) is 24.6 Å². The molecule has 1 aromatic carbocycles. The molecule has 0 radical (unpaired) electrons. The summed E-state index contributed by atoms with van der Waals surface area (Å²) in [7, 11) is 1.38. The summed E-state index contributed by atoms with van der Waals surface area (Å²) in [4.78, 5) is 0. The first-order chi connectivity index (χ1) is 9.28. The van der Waals surface area contributed by atoms with Gasteiger partial charge in [-0.3, -0.25) is 0 Å². The maximum absolute atomic E-state index is 12.2. The number of halogens is 4. The molecule has 4 nitrogen and oxygen atoms in total. The highest BCUT2D eigenvalue weighted by molar-refractivity contribution is 5.85. The molecule has 0 aliphatic carbocycles. The molecule has 0 aliphatic heterocycles. The highest BCUT2D eigenvalue weighted by atomic mass is 35.5. The molecule has 0 amide bonds. The van der Waals surface area contributed by atoms with Gasteiger partial charge in [-0.25, -0.2) is 0 Å². The van der Waals surface area contributed by atoms with Crippen LogP contribution in [0.5, 0.6) is 11.5 Å². The Kier molecular flexibility index (Phi) is 7.84. The fraction of sp³-hybridized carbons (Fsp3) is 0.538. The summed E-state index contributed by atoms with van der Waals surface area (Å²) < 4.78 is 45.5. The van der Waals surface area contributed by atoms with E-state index in [2.05, 4.69) is 4.74 Å². The number of ether oxygens (including phenoxy) is 2. The van der Waals surface area contributed by atoms with Gasteiger partial charge in [0.2, 0.25) is 0 Å². The fourth-order valence-corrected chi connectivity index (χ4v) is 1.85. The second-order valence-corrected chi connectivity index (χ2v) is 4.33. The van der Waals surface area contributed by atoms with E-state index in [0.717, 1.165) is 12.1 Å². The van der Waals surface area contributed by atoms with E-state index < -0.39 is 24.3 Å². The average Bonchev–Trinajstić information content (AvgIpc) is 2.36. The van der Waals surface area contributed by atoms with Crippen LogP contribution in [0.15, 0.2) is 18.2 Å². The first-order valence-corrected chi connectivity index (χ1v) is 6.15. The lowest BCUT2D eigenvalue weighted by Crippen LogP contribution is -2.26. The van der Waals surface area contributed by atoms with Crippen molar-refractivity contribution in [1.29, 1.82) is 0 Å². The Hall–Kier alpha value is -1.18. The molecule has 0 aromatic heterocycles. The second kappa shape index (κ2) is 8.31. The molecule has 21 heavy (non-hydrogen) atoms. The summed E-state index contributed by atoms with van der Waals surface area (Å²) in [5.74, 6) is -0.0883. The van der Waals surface area contributed by atoms with Gasteiger partial charge in [0.1, 0.15) is 11.5 Å². The molecule has 0 saturated carbocycles. The lowest BCUT2D eigenvalue weighted by atomic mass is 9.98. The minimum atomic E-state index is -4.78. The molecular formula is C13H19ClF3NO3. The van der Waals surface area contributed by atoms with Crippen LogP contribution < -0.4 is 15.2 Å². The van der Waals surface area contributed by atoms with Crippen LogP contribution in [-0.4, -0.2) is 24.7 Å². The van der Waals surface area contributed by atoms with Crippen LogP contribution in [0.1, 0.15) is 31.4 Å². The van der Waals surface area contributed by atoms with Crippen molar-refractivity contribution < 1.29 is 27.8 Å². The van der Waals surface area contributed by atoms with Gasteiger partial charge in [0.05, 0.1) is 19.3 Å². The average molecular weight is 330 g/mol. The van der Waals surface area contributed by atoms with Crippen molar-refractivity contribution in [2.45, 2.75) is 38.3 Å². The van der Waals surface area contributed by atoms with E-state index in [1.54, 1.807) is 0 Å². The van der Waals surface area contributed by atoms with Crippen LogP contribution in [0, 0.1) is 0 Å². The summed E-state index contributed by atoms with van der Waals surface area (Å²) in [5, 5.41) is 9.87. The second-order valence-electron chi connectivity index (χ2n) is 4.33. The van der Waals surface area contributed by atoms with Gasteiger partial charge in [0.25, 0.3) is 0 Å². The zero-order valence-corrected chi connectivity index (χ0v) is 12.5. The molecule has 2 atom stereocenters. The molecule has 0 heterocycles. The van der Waals surface area contributed by atoms with Gasteiger partial charge < -0.3 is 20.3 Å². The molecule has 1 rings (SSSR count). The predicted molar refractivity (Wildman–Crippen MR) is 74.8 cm³/mol. The third kappa shape index (κ3) is 5.99. The Morgan fingerprint density at radius 2 is 1.95 bits per heavy atom. The van der Waals surface area contributed by atoms with Gasteiger partial charge >= 0.3 is 6.36 Å². The standard InChI is InChI=1S/C13H18F3NO3.ClH/c1-3-4-10(18)12(17)9-7-8(20-13(14,15)16)5-6-11(9)19-2;/h5-7,10,12,18H,3-4,17H2,1-2H3;1H/t10-,12+;/m0./s1. The third-order valence-corrected chi connectivity index (χ3v) is 2.79. The summed E-state index contributed by atoms with van der Waals surface area (Å²) in [5.41, 5.74) is 6.14. The van der Waals surface area contributed by atoms with Gasteiger partial charge in [-0.2, -0.15) is 0 Å². The Labute approximate surface area is 127 Å². The number of hydrogen-bond acceptors (Lipinski definition) is 4. The highest BCUT2D eigenvalue weighted by Crippen LogP contribution is 2.33. The maximum Gasteiger partial charge on any atom is 0.573 e. The number of alkyl halides is 3. The van der Waals surface area contributed by atoms with Crippen molar-refractivity contribution in [3.8, 4) is 11.5 Å². The quantitative estimate of drug-likeness (QED) is 0.841. The highest BCUT2D eigenvalue weighted by Gasteiger charge is 2.32. The first-order valence-electron chi connectivity index (χ1n) is 6.15. The van der Waals surface area contributed by atoms with E-state index in [-0.39, 0.29) is 18.0 Å². The van der Waals surface area contributed by atoms with Gasteiger partial charge in [-0.1, -0.05) is 13.3 Å². The molecule has 0 bridgehead atoms. The van der Waals surface area contributed by atoms with Crippen molar-refractivity contribution >= 4 is 12.4 Å². The van der Waals surface area contributed by atoms with Crippen molar-refractivity contribution in [3.63, 3.8) is 0 Å². The number of aliphatic hydroxyl groups is 1. The molecule has 0 saturated heterocycles. The van der Waals surface area contributed by atoms with Gasteiger partial charge in [-0.15, -0.1) is 25.6 Å². The summed E-state index contributed by atoms with van der Waals surface area (Å²) in [6.45, 7) is 1.87. The molecule has 8 heteroatoms. The SMILES string of the molecule is CCC[C@H](O)[C@H](N)c1cc(OC(F)(F)F)ccc1OC.Cl. The molecule has 3 N–H and O–H groups in total. The normalized spacial score (nSPS) is 14.0. The number of hydrogen-bond donors (Lipinski definition) is 2. The van der Waals surface area contributed by atoms with E-state index in [0.29, 0.717) is 18.6 Å². The minimum absolute atomic E-state index is 0. The molecule has 0 unspecified atom stereocenters. The lowest BCUT2D eigenvalue weighted by molar-refractivity contribution is -0.274. The Morgan fingerprint density at radius 1 is 1.33 bits per heavy atom. The monoisotopic (exact) mass is 329 g/mol. The Balaban J connectivity index is 0.00000400. The Morgan fingerprint density at radius 3 is 2.43 bits per heavy atom. The van der Waals surface area contributed by atoms with E-state index in [1.807, 2.05) is 6.92 Å². The Bertz CT molecular complexity index is 443. The number of benzene rings is 1. The maximum atomic E-state index is 12.2. The predicted octanol–water partition coefficient (Wildman–Crippen LogP) is 3.18. The van der Waals surface area contributed by atoms with Gasteiger partial charge in [0, 0.05) is 5.56 Å². The molecule has 1 aromatic rings. The van der Waals surface area contributed by atoms with Gasteiger partial charge in [0.15, 0.2) is 0 Å². The molecule has 0 aliphatic rings. The van der Waals surface area contributed by atoms with Crippen molar-refractivity contribution in [2.24, 2.45) is 5.73 Å². The van der Waals surface area contributed by atoms with Crippen LogP contribution in [0.3, 0.4) is 0 Å². The first kappa shape index (κ1) is 19.8. The van der Waals surface area contributed by atoms with Crippen LogP contribution >= 0.6 is 12.4 Å². The van der Waals surface area contributed by atoms with Crippen molar-refractivity contribution in [3.05, 3.63) is 23.8 Å². The summed E-state index contributed by atoms with van der Waals surface area (Å²) >= 11 is 0. The zero-order chi connectivity index (χ0) is 15.3. The number of rotatable bonds is 6.